The average Bonchev–Trinajstić information content (AvgIpc) is 2.16. The number of aromatic nitrogens is 1. The molecule has 0 N–H and O–H groups in total. The van der Waals surface area contributed by atoms with Gasteiger partial charge in [0.05, 0.1) is 18.4 Å². The van der Waals surface area contributed by atoms with Gasteiger partial charge in [-0.05, 0) is 28.9 Å². The Labute approximate surface area is 93.6 Å². The second-order valence-electron chi connectivity index (χ2n) is 2.78. The van der Waals surface area contributed by atoms with Crippen LogP contribution in [0.25, 0.3) is 0 Å². The average molecular weight is 280 g/mol. The number of methoxy groups -OCH3 is 1. The molecule has 0 aromatic carbocycles. The fourth-order valence-corrected chi connectivity index (χ4v) is 1.80. The summed E-state index contributed by atoms with van der Waals surface area (Å²) in [5.74, 6) is -0.604. The fourth-order valence-electron chi connectivity index (χ4n) is 1.12. The lowest BCUT2D eigenvalue weighted by atomic mass is 10.2. The molecule has 82 valence electrons. The molecule has 0 aliphatic heterocycles. The Kier molecular flexibility index (Phi) is 3.73. The summed E-state index contributed by atoms with van der Waals surface area (Å²) in [6.07, 6.45) is -2.66. The summed E-state index contributed by atoms with van der Waals surface area (Å²) in [7, 11) is 1.22. The monoisotopic (exact) mass is 279 g/mol. The quantitative estimate of drug-likeness (QED) is 0.782. The van der Waals surface area contributed by atoms with Gasteiger partial charge >= 0.3 is 5.97 Å². The molecule has 6 heteroatoms. The minimum atomic E-state index is -2.66. The molecule has 1 aromatic rings. The molecule has 0 amide bonds. The number of hydrogen-bond donors (Lipinski definition) is 0. The number of halogens is 3. The highest BCUT2D eigenvalue weighted by Crippen LogP contribution is 2.26. The van der Waals surface area contributed by atoms with Gasteiger partial charge in [-0.25, -0.2) is 13.6 Å². The predicted molar refractivity (Wildman–Crippen MR) is 53.0 cm³/mol. The summed E-state index contributed by atoms with van der Waals surface area (Å²) in [5.41, 5.74) is 0.0143. The predicted octanol–water partition coefficient (Wildman–Crippen LogP) is 2.88. The molecule has 0 fully saturated rings. The summed E-state index contributed by atoms with van der Waals surface area (Å²) in [4.78, 5) is 14.9. The normalized spacial score (nSPS) is 10.5. The summed E-state index contributed by atoms with van der Waals surface area (Å²) < 4.78 is 29.4. The van der Waals surface area contributed by atoms with E-state index >= 15 is 0 Å². The van der Waals surface area contributed by atoms with Gasteiger partial charge in [0.2, 0.25) is 0 Å². The van der Waals surface area contributed by atoms with Gasteiger partial charge in [-0.2, -0.15) is 0 Å². The van der Waals surface area contributed by atoms with E-state index in [1.165, 1.54) is 14.0 Å². The van der Waals surface area contributed by atoms with Crippen molar-refractivity contribution in [1.82, 2.24) is 4.98 Å². The zero-order chi connectivity index (χ0) is 11.6. The molecule has 0 saturated heterocycles. The molecule has 1 aromatic heterocycles. The van der Waals surface area contributed by atoms with Crippen molar-refractivity contribution < 1.29 is 18.3 Å². The molecule has 0 unspecified atom stereocenters. The maximum absolute atomic E-state index is 12.3. The van der Waals surface area contributed by atoms with Crippen LogP contribution < -0.4 is 0 Å². The third-order valence-electron chi connectivity index (χ3n) is 1.79. The molecule has 0 bridgehead atoms. The molecule has 15 heavy (non-hydrogen) atoms. The number of aryl methyl sites for hydroxylation is 1. The van der Waals surface area contributed by atoms with Crippen molar-refractivity contribution >= 4 is 21.9 Å². The van der Waals surface area contributed by atoms with Crippen molar-refractivity contribution in [3.63, 3.8) is 0 Å². The number of pyridine rings is 1. The van der Waals surface area contributed by atoms with E-state index in [0.717, 1.165) is 6.07 Å². The second kappa shape index (κ2) is 4.65. The highest BCUT2D eigenvalue weighted by molar-refractivity contribution is 9.10. The number of rotatable bonds is 2. The molecular weight excluding hydrogens is 272 g/mol. The molecule has 0 atom stereocenters. The summed E-state index contributed by atoms with van der Waals surface area (Å²) in [5, 5.41) is 0. The zero-order valence-electron chi connectivity index (χ0n) is 8.05. The number of esters is 1. The van der Waals surface area contributed by atoms with E-state index in [9.17, 15) is 13.6 Å². The molecule has 1 heterocycles. The number of carbonyl (C=O) groups is 1. The van der Waals surface area contributed by atoms with Crippen molar-refractivity contribution in [1.29, 1.82) is 0 Å². The highest BCUT2D eigenvalue weighted by Gasteiger charge is 2.19. The molecule has 0 radical (unpaired) electrons. The number of carbonyl (C=O) groups excluding carboxylic acids is 1. The smallest absolute Gasteiger partial charge is 0.340 e. The first-order valence-electron chi connectivity index (χ1n) is 4.01. The first-order chi connectivity index (χ1) is 6.97. The van der Waals surface area contributed by atoms with Gasteiger partial charge in [0.15, 0.2) is 0 Å². The third kappa shape index (κ3) is 2.50. The van der Waals surface area contributed by atoms with E-state index < -0.39 is 12.4 Å². The number of ether oxygens (including phenoxy) is 1. The van der Waals surface area contributed by atoms with E-state index in [1.54, 1.807) is 0 Å². The lowest BCUT2D eigenvalue weighted by Crippen LogP contribution is -2.08. The molecule has 0 saturated carbocycles. The first kappa shape index (κ1) is 12.0. The van der Waals surface area contributed by atoms with Gasteiger partial charge in [-0.3, -0.25) is 4.98 Å². The Hall–Kier alpha value is -1.04. The van der Waals surface area contributed by atoms with Crippen LogP contribution in [0.4, 0.5) is 8.78 Å². The standard InChI is InChI=1S/C9H8BrF2NO2/c1-4-7(9(14)15-2)5(10)3-6(13-4)8(11)12/h3,8H,1-2H3. The van der Waals surface area contributed by atoms with Crippen molar-refractivity contribution in [2.45, 2.75) is 13.3 Å². The van der Waals surface area contributed by atoms with Crippen LogP contribution in [0, 0.1) is 6.92 Å². The SMILES string of the molecule is COC(=O)c1c(Br)cc(C(F)F)nc1C. The molecule has 1 rings (SSSR count). The Bertz CT molecular complexity index is 373. The minimum absolute atomic E-state index is 0.168. The third-order valence-corrected chi connectivity index (χ3v) is 2.41. The lowest BCUT2D eigenvalue weighted by molar-refractivity contribution is 0.0597. The van der Waals surface area contributed by atoms with Crippen LogP contribution in [-0.2, 0) is 4.74 Å². The summed E-state index contributed by atoms with van der Waals surface area (Å²) >= 11 is 3.03. The van der Waals surface area contributed by atoms with Gasteiger partial charge in [0, 0.05) is 4.47 Å². The van der Waals surface area contributed by atoms with Gasteiger partial charge in [0.1, 0.15) is 5.69 Å². The largest absolute Gasteiger partial charge is 0.465 e. The maximum Gasteiger partial charge on any atom is 0.340 e. The Morgan fingerprint density at radius 1 is 1.60 bits per heavy atom. The van der Waals surface area contributed by atoms with Gasteiger partial charge < -0.3 is 4.74 Å². The minimum Gasteiger partial charge on any atom is -0.465 e. The fraction of sp³-hybridized carbons (Fsp3) is 0.333. The molecular formula is C9H8BrF2NO2. The highest BCUT2D eigenvalue weighted by atomic mass is 79.9. The maximum atomic E-state index is 12.3. The Morgan fingerprint density at radius 3 is 2.60 bits per heavy atom. The molecule has 3 nitrogen and oxygen atoms in total. The van der Waals surface area contributed by atoms with Crippen molar-refractivity contribution in [2.24, 2.45) is 0 Å². The Morgan fingerprint density at radius 2 is 2.20 bits per heavy atom. The van der Waals surface area contributed by atoms with Crippen LogP contribution in [0.3, 0.4) is 0 Å². The topological polar surface area (TPSA) is 39.2 Å². The van der Waals surface area contributed by atoms with Crippen molar-refractivity contribution in [3.8, 4) is 0 Å². The number of nitrogens with zero attached hydrogens (tertiary/aromatic N) is 1. The summed E-state index contributed by atoms with van der Waals surface area (Å²) in [6.45, 7) is 1.48. The van der Waals surface area contributed by atoms with Gasteiger partial charge in [-0.1, -0.05) is 0 Å². The van der Waals surface area contributed by atoms with E-state index in [1.807, 2.05) is 0 Å². The van der Waals surface area contributed by atoms with Crippen LogP contribution in [0.15, 0.2) is 10.5 Å². The number of hydrogen-bond acceptors (Lipinski definition) is 3. The zero-order valence-corrected chi connectivity index (χ0v) is 9.64. The number of alkyl halides is 2. The van der Waals surface area contributed by atoms with Gasteiger partial charge in [-0.15, -0.1) is 0 Å². The van der Waals surface area contributed by atoms with Crippen LogP contribution in [-0.4, -0.2) is 18.1 Å². The first-order valence-corrected chi connectivity index (χ1v) is 4.80. The van der Waals surface area contributed by atoms with Gasteiger partial charge in [0.25, 0.3) is 6.43 Å². The molecule has 0 aliphatic carbocycles. The second-order valence-corrected chi connectivity index (χ2v) is 3.64. The van der Waals surface area contributed by atoms with Crippen LogP contribution in [0.2, 0.25) is 0 Å². The molecule has 0 spiro atoms. The van der Waals surface area contributed by atoms with E-state index in [0.29, 0.717) is 0 Å². The lowest BCUT2D eigenvalue weighted by Gasteiger charge is -2.08. The van der Waals surface area contributed by atoms with E-state index in [2.05, 4.69) is 25.7 Å². The van der Waals surface area contributed by atoms with E-state index in [4.69, 9.17) is 0 Å². The van der Waals surface area contributed by atoms with Crippen LogP contribution in [0.5, 0.6) is 0 Å². The molecule has 0 aliphatic rings. The van der Waals surface area contributed by atoms with Crippen LogP contribution >= 0.6 is 15.9 Å². The van der Waals surface area contributed by atoms with E-state index in [-0.39, 0.29) is 21.4 Å². The van der Waals surface area contributed by atoms with Crippen LogP contribution in [0.1, 0.15) is 28.2 Å². The van der Waals surface area contributed by atoms with Crippen molar-refractivity contribution in [2.75, 3.05) is 7.11 Å². The van der Waals surface area contributed by atoms with Crippen molar-refractivity contribution in [3.05, 3.63) is 27.5 Å². The summed E-state index contributed by atoms with van der Waals surface area (Å²) in [6, 6.07) is 1.11. The Balaban J connectivity index is 3.27.